The molecule has 3 aromatic rings. The highest BCUT2D eigenvalue weighted by atomic mass is 19.4. The molecule has 2 aromatic heterocycles. The van der Waals surface area contributed by atoms with Gasteiger partial charge in [0.05, 0.1) is 0 Å². The molecule has 3 heterocycles. The Hall–Kier alpha value is -3.23. The molecule has 5 nitrogen and oxygen atoms in total. The summed E-state index contributed by atoms with van der Waals surface area (Å²) in [6, 6.07) is 8.34. The van der Waals surface area contributed by atoms with Gasteiger partial charge in [-0.05, 0) is 35.9 Å². The summed E-state index contributed by atoms with van der Waals surface area (Å²) in [4.78, 5) is 7.57. The van der Waals surface area contributed by atoms with E-state index in [4.69, 9.17) is 0 Å². The third kappa shape index (κ3) is 2.92. The van der Waals surface area contributed by atoms with Crippen molar-refractivity contribution in [3.8, 4) is 0 Å². The van der Waals surface area contributed by atoms with Crippen LogP contribution in [0.5, 0.6) is 0 Å². The van der Waals surface area contributed by atoms with Crippen LogP contribution in [0.3, 0.4) is 0 Å². The van der Waals surface area contributed by atoms with E-state index in [0.717, 1.165) is 4.68 Å². The molecule has 0 bridgehead atoms. The number of halogens is 4. The topological polar surface area (TPSA) is 55.6 Å². The monoisotopic (exact) mass is 361 g/mol. The van der Waals surface area contributed by atoms with E-state index in [1.807, 2.05) is 0 Å². The van der Waals surface area contributed by atoms with Gasteiger partial charge in [-0.2, -0.15) is 18.2 Å². The zero-order chi connectivity index (χ0) is 18.3. The quantitative estimate of drug-likeness (QED) is 0.704. The van der Waals surface area contributed by atoms with Crippen molar-refractivity contribution in [1.82, 2.24) is 19.7 Å². The summed E-state index contributed by atoms with van der Waals surface area (Å²) in [6.07, 6.45) is 0.125. The highest BCUT2D eigenvalue weighted by Gasteiger charge is 2.39. The van der Waals surface area contributed by atoms with Crippen molar-refractivity contribution in [2.75, 3.05) is 5.32 Å². The second-order valence-corrected chi connectivity index (χ2v) is 5.65. The normalized spacial score (nSPS) is 16.6. The predicted molar refractivity (Wildman–Crippen MR) is 85.4 cm³/mol. The molecule has 1 aliphatic rings. The van der Waals surface area contributed by atoms with Gasteiger partial charge in [0.2, 0.25) is 5.95 Å². The number of alkyl halides is 3. The van der Waals surface area contributed by atoms with Gasteiger partial charge in [0, 0.05) is 23.7 Å². The van der Waals surface area contributed by atoms with Crippen LogP contribution < -0.4 is 5.32 Å². The molecule has 0 amide bonds. The molecule has 0 unspecified atom stereocenters. The lowest BCUT2D eigenvalue weighted by Gasteiger charge is -2.24. The molecule has 0 aliphatic carbocycles. The van der Waals surface area contributed by atoms with Crippen molar-refractivity contribution in [3.63, 3.8) is 0 Å². The van der Waals surface area contributed by atoms with Gasteiger partial charge in [-0.25, -0.2) is 9.07 Å². The van der Waals surface area contributed by atoms with Crippen LogP contribution >= 0.6 is 0 Å². The van der Waals surface area contributed by atoms with Crippen LogP contribution in [0.15, 0.2) is 54.9 Å². The fourth-order valence-electron chi connectivity index (χ4n) is 2.73. The average Bonchev–Trinajstić information content (AvgIpc) is 3.06. The molecule has 1 N–H and O–H groups in total. The van der Waals surface area contributed by atoms with Gasteiger partial charge < -0.3 is 5.32 Å². The molecule has 1 atom stereocenters. The highest BCUT2D eigenvalue weighted by molar-refractivity contribution is 5.76. The molecule has 132 valence electrons. The van der Waals surface area contributed by atoms with Crippen molar-refractivity contribution in [2.45, 2.75) is 12.2 Å². The van der Waals surface area contributed by atoms with E-state index >= 15 is 0 Å². The second kappa shape index (κ2) is 5.94. The van der Waals surface area contributed by atoms with Gasteiger partial charge in [-0.3, -0.25) is 4.98 Å². The van der Waals surface area contributed by atoms with Gasteiger partial charge in [0.15, 0.2) is 0 Å². The fourth-order valence-corrected chi connectivity index (χ4v) is 2.73. The molecular weight excluding hydrogens is 350 g/mol. The summed E-state index contributed by atoms with van der Waals surface area (Å²) in [5.41, 5.74) is 1.63. The first-order chi connectivity index (χ1) is 12.4. The zero-order valence-electron chi connectivity index (χ0n) is 13.1. The van der Waals surface area contributed by atoms with Crippen LogP contribution in [0, 0.1) is 5.82 Å². The van der Waals surface area contributed by atoms with E-state index in [1.54, 1.807) is 36.7 Å². The van der Waals surface area contributed by atoms with Crippen LogP contribution in [-0.2, 0) is 6.18 Å². The maximum atomic E-state index is 13.6. The van der Waals surface area contributed by atoms with E-state index < -0.39 is 23.9 Å². The Kier molecular flexibility index (Phi) is 3.71. The number of aromatic nitrogens is 4. The average molecular weight is 361 g/mol. The third-order valence-electron chi connectivity index (χ3n) is 3.88. The Morgan fingerprint density at radius 1 is 1.12 bits per heavy atom. The Labute approximate surface area is 145 Å². The largest absolute Gasteiger partial charge is 0.453 e. The summed E-state index contributed by atoms with van der Waals surface area (Å²) in [6.45, 7) is 0. The number of hydrogen-bond donors (Lipinski definition) is 1. The molecule has 26 heavy (non-hydrogen) atoms. The van der Waals surface area contributed by atoms with E-state index in [2.05, 4.69) is 20.4 Å². The van der Waals surface area contributed by atoms with E-state index in [0.29, 0.717) is 16.8 Å². The third-order valence-corrected chi connectivity index (χ3v) is 3.88. The van der Waals surface area contributed by atoms with Crippen LogP contribution in [0.25, 0.3) is 5.70 Å². The van der Waals surface area contributed by atoms with Crippen molar-refractivity contribution >= 4 is 11.6 Å². The number of nitrogens with one attached hydrogen (secondary N) is 1. The number of allylic oxidation sites excluding steroid dienone is 1. The number of benzene rings is 1. The molecule has 1 aliphatic heterocycles. The van der Waals surface area contributed by atoms with E-state index in [-0.39, 0.29) is 5.95 Å². The van der Waals surface area contributed by atoms with Crippen molar-refractivity contribution < 1.29 is 17.6 Å². The number of hydrogen-bond acceptors (Lipinski definition) is 4. The lowest BCUT2D eigenvalue weighted by atomic mass is 10.0. The second-order valence-electron chi connectivity index (χ2n) is 5.65. The smallest absolute Gasteiger partial charge is 0.324 e. The maximum Gasteiger partial charge on any atom is 0.453 e. The summed E-state index contributed by atoms with van der Waals surface area (Å²) in [5.74, 6) is -1.83. The molecule has 0 radical (unpaired) electrons. The summed E-state index contributed by atoms with van der Waals surface area (Å²) in [5, 5.41) is 6.41. The molecule has 0 fully saturated rings. The number of fused-ring (bicyclic) bond motifs is 1. The fraction of sp³-hybridized carbons (Fsp3) is 0.118. The van der Waals surface area contributed by atoms with Crippen molar-refractivity contribution in [1.29, 1.82) is 0 Å². The van der Waals surface area contributed by atoms with Gasteiger partial charge in [-0.1, -0.05) is 12.1 Å². The molecule has 4 rings (SSSR count). The predicted octanol–water partition coefficient (Wildman–Crippen LogP) is 3.89. The minimum absolute atomic E-state index is 0.0760. The Bertz CT molecular complexity index is 978. The van der Waals surface area contributed by atoms with Crippen molar-refractivity contribution in [2.24, 2.45) is 0 Å². The van der Waals surface area contributed by atoms with Crippen molar-refractivity contribution in [3.05, 3.63) is 77.6 Å². The molecule has 0 saturated carbocycles. The first-order valence-electron chi connectivity index (χ1n) is 7.60. The standard InChI is InChI=1S/C17H11F4N5/c18-12-5-1-3-10(7-12)14-8-13(11-4-2-6-22-9-11)23-16-24-15(17(19,20)21)25-26(14)16/h1-9,14H,(H,23,24,25)/t14-/m1/s1. The Morgan fingerprint density at radius 3 is 2.65 bits per heavy atom. The number of nitrogens with zero attached hydrogens (tertiary/aromatic N) is 4. The molecule has 0 spiro atoms. The van der Waals surface area contributed by atoms with Gasteiger partial charge in [0.1, 0.15) is 11.9 Å². The lowest BCUT2D eigenvalue weighted by molar-refractivity contribution is -0.145. The van der Waals surface area contributed by atoms with Gasteiger partial charge in [-0.15, -0.1) is 5.10 Å². The van der Waals surface area contributed by atoms with Crippen LogP contribution in [-0.4, -0.2) is 19.7 Å². The van der Waals surface area contributed by atoms with Crippen LogP contribution in [0.1, 0.15) is 23.0 Å². The Morgan fingerprint density at radius 2 is 1.96 bits per heavy atom. The minimum Gasteiger partial charge on any atom is -0.324 e. The highest BCUT2D eigenvalue weighted by Crippen LogP contribution is 2.35. The van der Waals surface area contributed by atoms with E-state index in [1.165, 1.54) is 18.2 Å². The number of anilines is 1. The molecule has 0 saturated heterocycles. The summed E-state index contributed by atoms with van der Waals surface area (Å²) >= 11 is 0. The first-order valence-corrected chi connectivity index (χ1v) is 7.60. The van der Waals surface area contributed by atoms with E-state index in [9.17, 15) is 17.6 Å². The Balaban J connectivity index is 1.86. The maximum absolute atomic E-state index is 13.6. The molecular formula is C17H11F4N5. The number of rotatable bonds is 2. The minimum atomic E-state index is -4.69. The molecule has 1 aromatic carbocycles. The zero-order valence-corrected chi connectivity index (χ0v) is 13.1. The van der Waals surface area contributed by atoms with Crippen LogP contribution in [0.4, 0.5) is 23.5 Å². The van der Waals surface area contributed by atoms with Crippen LogP contribution in [0.2, 0.25) is 0 Å². The number of pyridine rings is 1. The summed E-state index contributed by atoms with van der Waals surface area (Å²) in [7, 11) is 0. The molecule has 9 heteroatoms. The van der Waals surface area contributed by atoms with Gasteiger partial charge in [0.25, 0.3) is 5.82 Å². The summed E-state index contributed by atoms with van der Waals surface area (Å²) < 4.78 is 53.8. The SMILES string of the molecule is Fc1cccc([C@H]2C=C(c3cccnc3)Nc3nc(C(F)(F)F)nn32)c1. The lowest BCUT2D eigenvalue weighted by Crippen LogP contribution is -2.20. The van der Waals surface area contributed by atoms with Gasteiger partial charge >= 0.3 is 6.18 Å². The first kappa shape index (κ1) is 16.2.